The Kier molecular flexibility index (Phi) is 4.90. The molecule has 1 amide bonds. The van der Waals surface area contributed by atoms with Gasteiger partial charge in [0.2, 0.25) is 0 Å². The average Bonchev–Trinajstić information content (AvgIpc) is 2.28. The molecule has 0 radical (unpaired) electrons. The molecular weight excluding hydrogens is 268 g/mol. The molecule has 0 aromatic heterocycles. The zero-order valence-corrected chi connectivity index (χ0v) is 11.1. The van der Waals surface area contributed by atoms with Crippen molar-refractivity contribution >= 4 is 46.6 Å². The van der Waals surface area contributed by atoms with E-state index in [9.17, 15) is 4.79 Å². The first kappa shape index (κ1) is 13.6. The molecule has 0 saturated carbocycles. The zero-order valence-electron chi connectivity index (χ0n) is 8.79. The number of rotatable bonds is 4. The molecule has 0 spiro atoms. The van der Waals surface area contributed by atoms with E-state index in [1.54, 1.807) is 24.3 Å². The number of hydrogen-bond acceptors (Lipinski definition) is 1. The number of nitrogens with zero attached hydrogens (tertiary/aromatic N) is 1. The van der Waals surface area contributed by atoms with E-state index in [0.717, 1.165) is 4.42 Å². The van der Waals surface area contributed by atoms with Gasteiger partial charge in [-0.2, -0.15) is 0 Å². The lowest BCUT2D eigenvalue weighted by Crippen LogP contribution is -2.36. The number of alkyl halides is 2. The number of hydrogen-bond donors (Lipinski definition) is 0. The van der Waals surface area contributed by atoms with Gasteiger partial charge in [-0.15, -0.1) is 0 Å². The predicted octanol–water partition coefficient (Wildman–Crippen LogP) is 4.15. The van der Waals surface area contributed by atoms with Crippen molar-refractivity contribution in [1.29, 1.82) is 0 Å². The van der Waals surface area contributed by atoms with Gasteiger partial charge < -0.3 is 0 Å². The number of anilines is 1. The molecule has 1 aromatic rings. The molecule has 0 fully saturated rings. The molecular formula is C11H12Cl3NO. The third-order valence-electron chi connectivity index (χ3n) is 2.04. The van der Waals surface area contributed by atoms with Gasteiger partial charge in [-0.1, -0.05) is 54.7 Å². The quantitative estimate of drug-likeness (QED) is 0.599. The highest BCUT2D eigenvalue weighted by Crippen LogP contribution is 2.32. The second-order valence-electron chi connectivity index (χ2n) is 3.38. The summed E-state index contributed by atoms with van der Waals surface area (Å²) in [6.07, 6.45) is 1.07. The number of para-hydroxylation sites is 1. The number of carbonyl (C=O) groups is 1. The Morgan fingerprint density at radius 1 is 1.31 bits per heavy atom. The van der Waals surface area contributed by atoms with Crippen LogP contribution in [0.1, 0.15) is 19.8 Å². The van der Waals surface area contributed by atoms with Crippen molar-refractivity contribution in [1.82, 2.24) is 0 Å². The van der Waals surface area contributed by atoms with Crippen molar-refractivity contribution in [2.75, 3.05) is 4.42 Å². The van der Waals surface area contributed by atoms with Crippen LogP contribution in [0, 0.1) is 0 Å². The molecule has 0 atom stereocenters. The summed E-state index contributed by atoms with van der Waals surface area (Å²) in [5, 5.41) is 0. The van der Waals surface area contributed by atoms with Crippen molar-refractivity contribution in [3.8, 4) is 0 Å². The summed E-state index contributed by atoms with van der Waals surface area (Å²) in [6, 6.07) is 8.81. The molecule has 88 valence electrons. The fourth-order valence-electron chi connectivity index (χ4n) is 1.24. The number of benzene rings is 1. The lowest BCUT2D eigenvalue weighted by molar-refractivity contribution is -0.118. The summed E-state index contributed by atoms with van der Waals surface area (Å²) in [7, 11) is 0. The summed E-state index contributed by atoms with van der Waals surface area (Å²) in [5.41, 5.74) is 0.552. The van der Waals surface area contributed by atoms with Crippen LogP contribution < -0.4 is 4.42 Å². The topological polar surface area (TPSA) is 20.3 Å². The van der Waals surface area contributed by atoms with Crippen LogP contribution in [0.5, 0.6) is 0 Å². The Morgan fingerprint density at radius 3 is 2.38 bits per heavy atom. The lowest BCUT2D eigenvalue weighted by atomic mass is 10.2. The Hall–Kier alpha value is -0.440. The SMILES string of the molecule is CCCC(Cl)(Cl)C(=O)N(Cl)c1ccccc1. The number of amides is 1. The Bertz CT molecular complexity index is 354. The van der Waals surface area contributed by atoms with Crippen LogP contribution in [0.2, 0.25) is 0 Å². The van der Waals surface area contributed by atoms with E-state index < -0.39 is 10.2 Å². The fourth-order valence-corrected chi connectivity index (χ4v) is 2.13. The minimum absolute atomic E-state index is 0.366. The lowest BCUT2D eigenvalue weighted by Gasteiger charge is -2.22. The highest BCUT2D eigenvalue weighted by Gasteiger charge is 2.36. The van der Waals surface area contributed by atoms with Gasteiger partial charge in [0.1, 0.15) is 0 Å². The molecule has 0 unspecified atom stereocenters. The van der Waals surface area contributed by atoms with Gasteiger partial charge in [0, 0.05) is 11.8 Å². The second kappa shape index (κ2) is 5.76. The van der Waals surface area contributed by atoms with Gasteiger partial charge in [0.05, 0.1) is 5.69 Å². The fraction of sp³-hybridized carbons (Fsp3) is 0.364. The van der Waals surface area contributed by atoms with E-state index in [2.05, 4.69) is 0 Å². The third kappa shape index (κ3) is 3.27. The van der Waals surface area contributed by atoms with Crippen molar-refractivity contribution in [3.05, 3.63) is 30.3 Å². The zero-order chi connectivity index (χ0) is 12.2. The molecule has 0 aliphatic rings. The molecule has 1 aromatic carbocycles. The second-order valence-corrected chi connectivity index (χ2v) is 5.20. The largest absolute Gasteiger partial charge is 0.278 e. The maximum absolute atomic E-state index is 11.9. The van der Waals surface area contributed by atoms with E-state index >= 15 is 0 Å². The molecule has 0 saturated heterocycles. The monoisotopic (exact) mass is 279 g/mol. The highest BCUT2D eigenvalue weighted by molar-refractivity contribution is 6.61. The van der Waals surface area contributed by atoms with Gasteiger partial charge >= 0.3 is 0 Å². The van der Waals surface area contributed by atoms with Crippen LogP contribution in [0.25, 0.3) is 0 Å². The van der Waals surface area contributed by atoms with Gasteiger partial charge in [-0.05, 0) is 18.6 Å². The van der Waals surface area contributed by atoms with Crippen molar-refractivity contribution in [3.63, 3.8) is 0 Å². The maximum Gasteiger partial charge on any atom is 0.278 e. The number of halogens is 3. The van der Waals surface area contributed by atoms with Crippen LogP contribution in [0.15, 0.2) is 30.3 Å². The van der Waals surface area contributed by atoms with Gasteiger partial charge in [-0.3, -0.25) is 4.79 Å². The molecule has 5 heteroatoms. The van der Waals surface area contributed by atoms with Crippen LogP contribution >= 0.6 is 35.0 Å². The summed E-state index contributed by atoms with van der Waals surface area (Å²) in [5.74, 6) is -0.523. The molecule has 0 heterocycles. The first-order valence-corrected chi connectivity index (χ1v) is 6.01. The molecule has 0 bridgehead atoms. The minimum Gasteiger partial charge on any atom is -0.270 e. The van der Waals surface area contributed by atoms with E-state index in [0.29, 0.717) is 18.5 Å². The molecule has 0 aliphatic carbocycles. The smallest absolute Gasteiger partial charge is 0.270 e. The summed E-state index contributed by atoms with van der Waals surface area (Å²) in [4.78, 5) is 11.9. The van der Waals surface area contributed by atoms with E-state index in [-0.39, 0.29) is 0 Å². The maximum atomic E-state index is 11.9. The van der Waals surface area contributed by atoms with Crippen LogP contribution in [0.3, 0.4) is 0 Å². The van der Waals surface area contributed by atoms with E-state index in [4.69, 9.17) is 35.0 Å². The average molecular weight is 281 g/mol. The molecule has 1 rings (SSSR count). The summed E-state index contributed by atoms with van der Waals surface area (Å²) in [6.45, 7) is 1.90. The van der Waals surface area contributed by atoms with Gasteiger partial charge in [0.15, 0.2) is 4.33 Å². The Labute approximate surface area is 110 Å². The summed E-state index contributed by atoms with van der Waals surface area (Å²) >= 11 is 17.7. The van der Waals surface area contributed by atoms with Crippen molar-refractivity contribution in [2.45, 2.75) is 24.1 Å². The minimum atomic E-state index is -1.47. The first-order valence-electron chi connectivity index (χ1n) is 4.92. The standard InChI is InChI=1S/C11H12Cl3NO/c1-2-8-11(12,13)10(16)15(14)9-6-4-3-5-7-9/h3-7H,2,8H2,1H3. The first-order chi connectivity index (χ1) is 7.49. The van der Waals surface area contributed by atoms with Crippen LogP contribution in [0.4, 0.5) is 5.69 Å². The predicted molar refractivity (Wildman–Crippen MR) is 69.1 cm³/mol. The van der Waals surface area contributed by atoms with E-state index in [1.807, 2.05) is 13.0 Å². The van der Waals surface area contributed by atoms with Gasteiger partial charge in [0.25, 0.3) is 5.91 Å². The molecule has 0 aliphatic heterocycles. The normalized spacial score (nSPS) is 11.2. The molecule has 16 heavy (non-hydrogen) atoms. The summed E-state index contributed by atoms with van der Waals surface area (Å²) < 4.78 is -0.512. The third-order valence-corrected chi connectivity index (χ3v) is 3.09. The number of carbonyl (C=O) groups excluding carboxylic acids is 1. The van der Waals surface area contributed by atoms with Crippen molar-refractivity contribution in [2.24, 2.45) is 0 Å². The van der Waals surface area contributed by atoms with Gasteiger partial charge in [-0.25, -0.2) is 4.42 Å². The molecule has 2 nitrogen and oxygen atoms in total. The molecule has 0 N–H and O–H groups in total. The van der Waals surface area contributed by atoms with Crippen LogP contribution in [-0.2, 0) is 4.79 Å². The Morgan fingerprint density at radius 2 is 1.88 bits per heavy atom. The van der Waals surface area contributed by atoms with Crippen LogP contribution in [-0.4, -0.2) is 10.2 Å². The highest BCUT2D eigenvalue weighted by atomic mass is 35.5. The Balaban J connectivity index is 2.82. The van der Waals surface area contributed by atoms with E-state index in [1.165, 1.54) is 0 Å². The van der Waals surface area contributed by atoms with Crippen molar-refractivity contribution < 1.29 is 4.79 Å².